The van der Waals surface area contributed by atoms with E-state index in [-0.39, 0.29) is 11.9 Å². The Bertz CT molecular complexity index is 799. The number of piperidine rings is 1. The number of hydrogen-bond donors (Lipinski definition) is 1. The van der Waals surface area contributed by atoms with Gasteiger partial charge in [-0.25, -0.2) is 0 Å². The van der Waals surface area contributed by atoms with E-state index in [9.17, 15) is 5.11 Å². The van der Waals surface area contributed by atoms with E-state index in [1.165, 1.54) is 32.4 Å². The highest BCUT2D eigenvalue weighted by Gasteiger charge is 2.25. The lowest BCUT2D eigenvalue weighted by atomic mass is 10.1. The van der Waals surface area contributed by atoms with E-state index in [0.29, 0.717) is 5.02 Å². The largest absolute Gasteiger partial charge is 0.506 e. The molecule has 1 aliphatic carbocycles. The molecule has 2 heterocycles. The monoisotopic (exact) mass is 419 g/mol. The van der Waals surface area contributed by atoms with Gasteiger partial charge in [0, 0.05) is 18.7 Å². The zero-order valence-corrected chi connectivity index (χ0v) is 17.5. The van der Waals surface area contributed by atoms with Crippen LogP contribution in [0.5, 0.6) is 11.5 Å². The van der Waals surface area contributed by atoms with Gasteiger partial charge >= 0.3 is 0 Å². The fourth-order valence-corrected chi connectivity index (χ4v) is 5.09. The summed E-state index contributed by atoms with van der Waals surface area (Å²) in [5.74, 6) is 2.58. The molecule has 1 saturated heterocycles. The van der Waals surface area contributed by atoms with Crippen molar-refractivity contribution in [3.63, 3.8) is 0 Å². The lowest BCUT2D eigenvalue weighted by Gasteiger charge is -2.27. The van der Waals surface area contributed by atoms with E-state index in [4.69, 9.17) is 21.1 Å². The molecule has 0 spiro atoms. The third kappa shape index (κ3) is 4.70. The molecule has 1 aromatic rings. The van der Waals surface area contributed by atoms with Gasteiger partial charge in [-0.2, -0.15) is 0 Å². The van der Waals surface area contributed by atoms with Gasteiger partial charge in [0.1, 0.15) is 24.2 Å². The first-order valence-corrected chi connectivity index (χ1v) is 11.3. The van der Waals surface area contributed by atoms with Crippen LogP contribution in [0.25, 0.3) is 0 Å². The number of ether oxygens (including phenoxy) is 2. The molecule has 0 aromatic heterocycles. The van der Waals surface area contributed by atoms with Crippen LogP contribution in [-0.4, -0.2) is 48.1 Å². The molecule has 0 unspecified atom stereocenters. The van der Waals surface area contributed by atoms with Gasteiger partial charge in [-0.3, -0.25) is 4.90 Å². The first kappa shape index (κ1) is 19.7. The summed E-state index contributed by atoms with van der Waals surface area (Å²) in [5, 5.41) is 10.1. The Morgan fingerprint density at radius 2 is 2.07 bits per heavy atom. The second-order valence-electron chi connectivity index (χ2n) is 7.30. The van der Waals surface area contributed by atoms with E-state index >= 15 is 0 Å². The Morgan fingerprint density at radius 3 is 2.93 bits per heavy atom. The van der Waals surface area contributed by atoms with Crippen LogP contribution in [-0.2, 0) is 4.74 Å². The molecule has 1 aromatic carbocycles. The van der Waals surface area contributed by atoms with Gasteiger partial charge < -0.3 is 14.6 Å². The average Bonchev–Trinajstić information content (AvgIpc) is 2.97. The first-order valence-electron chi connectivity index (χ1n) is 9.94. The number of hydrogen-bond acceptors (Lipinski definition) is 5. The number of rotatable bonds is 5. The molecular formula is C22H26ClNO3S. The quantitative estimate of drug-likeness (QED) is 0.712. The number of fused-ring (bicyclic) bond motifs is 1. The molecule has 4 rings (SSSR count). The van der Waals surface area contributed by atoms with Crippen molar-refractivity contribution in [2.24, 2.45) is 0 Å². The van der Waals surface area contributed by atoms with Crippen LogP contribution in [0.3, 0.4) is 0 Å². The molecule has 0 bridgehead atoms. The number of phenols is 1. The Kier molecular flexibility index (Phi) is 6.55. The summed E-state index contributed by atoms with van der Waals surface area (Å²) in [7, 11) is 0. The van der Waals surface area contributed by atoms with Crippen molar-refractivity contribution >= 4 is 23.4 Å². The zero-order chi connectivity index (χ0) is 19.3. The Morgan fingerprint density at radius 1 is 1.21 bits per heavy atom. The minimum atomic E-state index is -0.0432. The number of allylic oxidation sites excluding steroid dienone is 3. The highest BCUT2D eigenvalue weighted by atomic mass is 35.5. The molecule has 1 fully saturated rings. The maximum atomic E-state index is 9.76. The molecule has 28 heavy (non-hydrogen) atoms. The molecule has 150 valence electrons. The minimum absolute atomic E-state index is 0.0432. The van der Waals surface area contributed by atoms with Crippen molar-refractivity contribution in [2.45, 2.75) is 36.7 Å². The fourth-order valence-electron chi connectivity index (χ4n) is 3.70. The van der Waals surface area contributed by atoms with Crippen molar-refractivity contribution in [1.82, 2.24) is 4.90 Å². The van der Waals surface area contributed by atoms with Crippen molar-refractivity contribution < 1.29 is 14.6 Å². The highest BCUT2D eigenvalue weighted by molar-refractivity contribution is 7.99. The number of thioether (sulfide) groups is 1. The smallest absolute Gasteiger partial charge is 0.135 e. The van der Waals surface area contributed by atoms with E-state index in [0.717, 1.165) is 47.3 Å². The summed E-state index contributed by atoms with van der Waals surface area (Å²) < 4.78 is 12.2. The third-order valence-electron chi connectivity index (χ3n) is 5.30. The fraction of sp³-hybridized carbons (Fsp3) is 0.455. The molecule has 6 heteroatoms. The number of aromatic hydroxyl groups is 1. The number of likely N-dealkylation sites (tertiary alicyclic amines) is 1. The molecule has 1 atom stereocenters. The summed E-state index contributed by atoms with van der Waals surface area (Å²) in [6.45, 7) is 4.15. The molecule has 1 N–H and O–H groups in total. The Hall–Kier alpha value is -1.56. The van der Waals surface area contributed by atoms with E-state index < -0.39 is 0 Å². The van der Waals surface area contributed by atoms with Crippen LogP contribution in [0.1, 0.15) is 25.7 Å². The second kappa shape index (κ2) is 9.29. The lowest BCUT2D eigenvalue weighted by Crippen LogP contribution is -2.32. The SMILES string of the molecule is Oc1ccc2c(c1Cl)SC[C@H](C1=CC=C(OCCN3CCCCC3)CC=C1)O2. The van der Waals surface area contributed by atoms with Crippen molar-refractivity contribution in [3.05, 3.63) is 52.8 Å². The number of nitrogens with zero attached hydrogens (tertiary/aromatic N) is 1. The Labute approximate surface area is 175 Å². The van der Waals surface area contributed by atoms with Crippen LogP contribution >= 0.6 is 23.4 Å². The van der Waals surface area contributed by atoms with E-state index in [2.05, 4.69) is 29.2 Å². The summed E-state index contributed by atoms with van der Waals surface area (Å²) >= 11 is 7.80. The maximum Gasteiger partial charge on any atom is 0.135 e. The Balaban J connectivity index is 1.35. The number of phenolic OH excluding ortho intramolecular Hbond substituents is 1. The van der Waals surface area contributed by atoms with Gasteiger partial charge in [-0.15, -0.1) is 11.8 Å². The van der Waals surface area contributed by atoms with Crippen LogP contribution in [0.4, 0.5) is 0 Å². The van der Waals surface area contributed by atoms with Gasteiger partial charge in [-0.05, 0) is 49.7 Å². The first-order chi connectivity index (χ1) is 13.7. The topological polar surface area (TPSA) is 41.9 Å². The second-order valence-corrected chi connectivity index (χ2v) is 8.71. The van der Waals surface area contributed by atoms with Crippen LogP contribution < -0.4 is 4.74 Å². The molecule has 0 amide bonds. The van der Waals surface area contributed by atoms with Crippen molar-refractivity contribution in [2.75, 3.05) is 32.0 Å². The molecule has 0 radical (unpaired) electrons. The molecule has 0 saturated carbocycles. The normalized spacial score (nSPS) is 22.5. The number of benzene rings is 1. The summed E-state index contributed by atoms with van der Waals surface area (Å²) in [6, 6.07) is 3.36. The highest BCUT2D eigenvalue weighted by Crippen LogP contribution is 2.45. The summed E-state index contributed by atoms with van der Waals surface area (Å²) in [6.07, 6.45) is 13.2. The average molecular weight is 420 g/mol. The van der Waals surface area contributed by atoms with Gasteiger partial charge in [0.15, 0.2) is 0 Å². The zero-order valence-electron chi connectivity index (χ0n) is 15.9. The van der Waals surface area contributed by atoms with Gasteiger partial charge in [0.05, 0.1) is 15.7 Å². The predicted molar refractivity (Wildman–Crippen MR) is 114 cm³/mol. The van der Waals surface area contributed by atoms with Crippen LogP contribution in [0.2, 0.25) is 5.02 Å². The predicted octanol–water partition coefficient (Wildman–Crippen LogP) is 5.17. The standard InChI is InChI=1S/C22H26ClNO3S/c23-21-18(25)9-10-19-22(21)28-15-20(27-19)16-5-4-6-17(8-7-16)26-14-13-24-11-2-1-3-12-24/h4-5,7-10,20,25H,1-3,6,11-15H2/t20-/m1/s1. The number of halogens is 1. The lowest BCUT2D eigenvalue weighted by molar-refractivity contribution is 0.141. The van der Waals surface area contributed by atoms with Crippen LogP contribution in [0.15, 0.2) is 52.7 Å². The van der Waals surface area contributed by atoms with E-state index in [1.54, 1.807) is 23.9 Å². The summed E-state index contributed by atoms with van der Waals surface area (Å²) in [4.78, 5) is 3.30. The molecule has 4 nitrogen and oxygen atoms in total. The minimum Gasteiger partial charge on any atom is -0.506 e. The molecule has 2 aliphatic heterocycles. The van der Waals surface area contributed by atoms with Crippen LogP contribution in [0, 0.1) is 0 Å². The summed E-state index contributed by atoms with van der Waals surface area (Å²) in [5.41, 5.74) is 1.12. The maximum absolute atomic E-state index is 9.76. The van der Waals surface area contributed by atoms with Gasteiger partial charge in [0.25, 0.3) is 0 Å². The van der Waals surface area contributed by atoms with Crippen molar-refractivity contribution in [3.8, 4) is 11.5 Å². The van der Waals surface area contributed by atoms with E-state index in [1.807, 2.05) is 0 Å². The van der Waals surface area contributed by atoms with Gasteiger partial charge in [-0.1, -0.05) is 36.2 Å². The van der Waals surface area contributed by atoms with Crippen molar-refractivity contribution in [1.29, 1.82) is 0 Å². The third-order valence-corrected chi connectivity index (χ3v) is 6.95. The molecular weight excluding hydrogens is 394 g/mol. The van der Waals surface area contributed by atoms with Gasteiger partial charge in [0.2, 0.25) is 0 Å². The molecule has 3 aliphatic rings.